The Morgan fingerprint density at radius 3 is 2.67 bits per heavy atom. The van der Waals surface area contributed by atoms with Crippen LogP contribution in [0.3, 0.4) is 0 Å². The first-order valence-electron chi connectivity index (χ1n) is 7.43. The summed E-state index contributed by atoms with van der Waals surface area (Å²) in [5.41, 5.74) is 5.35. The average molecular weight is 302 g/mol. The molecule has 3 rings (SSSR count). The number of hydrogen-bond acceptors (Lipinski definition) is 2. The summed E-state index contributed by atoms with van der Waals surface area (Å²) in [4.78, 5) is 0. The molecule has 110 valence electrons. The summed E-state index contributed by atoms with van der Waals surface area (Å²) in [5.74, 6) is 0.747. The quantitative estimate of drug-likeness (QED) is 0.896. The topological polar surface area (TPSA) is 21.3 Å². The Hall–Kier alpha value is -1.51. The maximum absolute atomic E-state index is 6.27. The van der Waals surface area contributed by atoms with Gasteiger partial charge >= 0.3 is 0 Å². The molecule has 0 atom stereocenters. The molecule has 0 heterocycles. The van der Waals surface area contributed by atoms with Gasteiger partial charge in [-0.15, -0.1) is 0 Å². The van der Waals surface area contributed by atoms with E-state index >= 15 is 0 Å². The number of benzene rings is 2. The molecule has 1 aliphatic rings. The molecular formula is C18H20ClNO. The number of aryl methyl sites for hydroxylation is 2. The van der Waals surface area contributed by atoms with Crippen molar-refractivity contribution < 1.29 is 4.74 Å². The summed E-state index contributed by atoms with van der Waals surface area (Å²) in [6.45, 7) is 1.38. The molecule has 0 spiro atoms. The normalized spacial score (nSPS) is 13.2. The Morgan fingerprint density at radius 2 is 1.86 bits per heavy atom. The Bertz CT molecular complexity index is 639. The van der Waals surface area contributed by atoms with Gasteiger partial charge in [-0.05, 0) is 60.7 Å². The van der Waals surface area contributed by atoms with Crippen molar-refractivity contribution in [2.45, 2.75) is 32.4 Å². The smallest absolute Gasteiger partial charge is 0.138 e. The molecule has 2 nitrogen and oxygen atoms in total. The van der Waals surface area contributed by atoms with Crippen molar-refractivity contribution in [3.05, 3.63) is 63.7 Å². The highest BCUT2D eigenvalue weighted by molar-refractivity contribution is 6.32. The van der Waals surface area contributed by atoms with Crippen molar-refractivity contribution in [1.29, 1.82) is 0 Å². The lowest BCUT2D eigenvalue weighted by Crippen LogP contribution is -2.05. The molecular weight excluding hydrogens is 282 g/mol. The molecule has 0 radical (unpaired) electrons. The van der Waals surface area contributed by atoms with Crippen molar-refractivity contribution in [3.8, 4) is 5.75 Å². The van der Waals surface area contributed by atoms with E-state index < -0.39 is 0 Å². The van der Waals surface area contributed by atoms with Crippen LogP contribution in [0, 0.1) is 0 Å². The van der Waals surface area contributed by atoms with E-state index in [0.717, 1.165) is 17.9 Å². The number of hydrogen-bond donors (Lipinski definition) is 1. The van der Waals surface area contributed by atoms with Gasteiger partial charge in [0.1, 0.15) is 12.4 Å². The number of rotatable bonds is 5. The van der Waals surface area contributed by atoms with Gasteiger partial charge in [0.2, 0.25) is 0 Å². The van der Waals surface area contributed by atoms with Gasteiger partial charge in [0.05, 0.1) is 5.02 Å². The molecule has 0 bridgehead atoms. The molecule has 2 aromatic carbocycles. The molecule has 21 heavy (non-hydrogen) atoms. The lowest BCUT2D eigenvalue weighted by Gasteiger charge is -2.10. The van der Waals surface area contributed by atoms with Crippen molar-refractivity contribution in [3.63, 3.8) is 0 Å². The van der Waals surface area contributed by atoms with E-state index in [1.165, 1.54) is 36.0 Å². The SMILES string of the molecule is CNCc1ccc(OCc2ccc3c(c2)CCC3)c(Cl)c1. The van der Waals surface area contributed by atoms with Crippen LogP contribution in [0.1, 0.15) is 28.7 Å². The Kier molecular flexibility index (Phi) is 4.47. The van der Waals surface area contributed by atoms with Gasteiger partial charge in [0, 0.05) is 6.54 Å². The molecule has 0 aromatic heterocycles. The second kappa shape index (κ2) is 6.50. The minimum atomic E-state index is 0.568. The lowest BCUT2D eigenvalue weighted by molar-refractivity contribution is 0.306. The summed E-state index contributed by atoms with van der Waals surface area (Å²) in [7, 11) is 1.92. The van der Waals surface area contributed by atoms with Crippen LogP contribution < -0.4 is 10.1 Å². The standard InChI is InChI=1S/C18H20ClNO/c1-20-11-13-6-8-18(17(19)10-13)21-12-14-5-7-15-3-2-4-16(15)9-14/h5-10,20H,2-4,11-12H2,1H3. The zero-order chi connectivity index (χ0) is 14.7. The zero-order valence-electron chi connectivity index (χ0n) is 12.3. The first kappa shape index (κ1) is 14.4. The number of fused-ring (bicyclic) bond motifs is 1. The highest BCUT2D eigenvalue weighted by Gasteiger charge is 2.11. The van der Waals surface area contributed by atoms with Crippen LogP contribution >= 0.6 is 11.6 Å². The van der Waals surface area contributed by atoms with E-state index in [9.17, 15) is 0 Å². The molecule has 0 amide bonds. The van der Waals surface area contributed by atoms with Crippen molar-refractivity contribution in [1.82, 2.24) is 5.32 Å². The van der Waals surface area contributed by atoms with Gasteiger partial charge in [-0.3, -0.25) is 0 Å². The first-order chi connectivity index (χ1) is 10.3. The molecule has 0 unspecified atom stereocenters. The molecule has 3 heteroatoms. The second-order valence-corrected chi connectivity index (χ2v) is 5.95. The van der Waals surface area contributed by atoms with Gasteiger partial charge in [-0.1, -0.05) is 35.9 Å². The maximum atomic E-state index is 6.27. The monoisotopic (exact) mass is 301 g/mol. The van der Waals surface area contributed by atoms with Gasteiger partial charge in [-0.2, -0.15) is 0 Å². The van der Waals surface area contributed by atoms with Gasteiger partial charge in [-0.25, -0.2) is 0 Å². The third-order valence-electron chi connectivity index (χ3n) is 3.93. The van der Waals surface area contributed by atoms with Crippen LogP contribution in [0.2, 0.25) is 5.02 Å². The molecule has 0 aliphatic heterocycles. The number of nitrogens with one attached hydrogen (secondary N) is 1. The molecule has 1 aliphatic carbocycles. The van der Waals surface area contributed by atoms with E-state index in [2.05, 4.69) is 23.5 Å². The van der Waals surface area contributed by atoms with E-state index in [1.54, 1.807) is 0 Å². The fraction of sp³-hybridized carbons (Fsp3) is 0.333. The van der Waals surface area contributed by atoms with E-state index in [4.69, 9.17) is 16.3 Å². The molecule has 2 aromatic rings. The number of halogens is 1. The zero-order valence-corrected chi connectivity index (χ0v) is 13.0. The minimum absolute atomic E-state index is 0.568. The summed E-state index contributed by atoms with van der Waals surface area (Å²) in [5, 5.41) is 3.78. The Balaban J connectivity index is 1.67. The fourth-order valence-corrected chi connectivity index (χ4v) is 3.11. The maximum Gasteiger partial charge on any atom is 0.138 e. The predicted molar refractivity (Wildman–Crippen MR) is 87.0 cm³/mol. The third-order valence-corrected chi connectivity index (χ3v) is 4.23. The van der Waals surface area contributed by atoms with Crippen LogP contribution in [0.5, 0.6) is 5.75 Å². The molecule has 0 saturated carbocycles. The highest BCUT2D eigenvalue weighted by atomic mass is 35.5. The second-order valence-electron chi connectivity index (χ2n) is 5.54. The van der Waals surface area contributed by atoms with Crippen LogP contribution in [0.15, 0.2) is 36.4 Å². The highest BCUT2D eigenvalue weighted by Crippen LogP contribution is 2.27. The Morgan fingerprint density at radius 1 is 1.05 bits per heavy atom. The van der Waals surface area contributed by atoms with Gasteiger partial charge < -0.3 is 10.1 Å². The van der Waals surface area contributed by atoms with Crippen LogP contribution in [-0.4, -0.2) is 7.05 Å². The van der Waals surface area contributed by atoms with E-state index in [0.29, 0.717) is 11.6 Å². The van der Waals surface area contributed by atoms with E-state index in [1.807, 2.05) is 25.2 Å². The predicted octanol–water partition coefficient (Wildman–Crippen LogP) is 4.13. The largest absolute Gasteiger partial charge is 0.487 e. The lowest BCUT2D eigenvalue weighted by atomic mass is 10.1. The van der Waals surface area contributed by atoms with Gasteiger partial charge in [0.25, 0.3) is 0 Å². The molecule has 1 N–H and O–H groups in total. The molecule has 0 saturated heterocycles. The summed E-state index contributed by atoms with van der Waals surface area (Å²) in [6, 6.07) is 12.6. The molecule has 0 fully saturated rings. The van der Waals surface area contributed by atoms with E-state index in [-0.39, 0.29) is 0 Å². The van der Waals surface area contributed by atoms with Crippen LogP contribution in [0.4, 0.5) is 0 Å². The summed E-state index contributed by atoms with van der Waals surface area (Å²) in [6.07, 6.45) is 3.69. The number of ether oxygens (including phenoxy) is 1. The van der Waals surface area contributed by atoms with Crippen LogP contribution in [-0.2, 0) is 26.0 Å². The fourth-order valence-electron chi connectivity index (χ4n) is 2.85. The Labute approximate surface area is 131 Å². The minimum Gasteiger partial charge on any atom is -0.487 e. The third kappa shape index (κ3) is 3.39. The summed E-state index contributed by atoms with van der Waals surface area (Å²) >= 11 is 6.27. The summed E-state index contributed by atoms with van der Waals surface area (Å²) < 4.78 is 5.86. The van der Waals surface area contributed by atoms with Crippen molar-refractivity contribution in [2.75, 3.05) is 7.05 Å². The first-order valence-corrected chi connectivity index (χ1v) is 7.80. The van der Waals surface area contributed by atoms with Gasteiger partial charge in [0.15, 0.2) is 0 Å². The van der Waals surface area contributed by atoms with Crippen LogP contribution in [0.25, 0.3) is 0 Å². The van der Waals surface area contributed by atoms with Crippen molar-refractivity contribution >= 4 is 11.6 Å². The van der Waals surface area contributed by atoms with Crippen molar-refractivity contribution in [2.24, 2.45) is 0 Å². The average Bonchev–Trinajstić information content (AvgIpc) is 2.94.